The van der Waals surface area contributed by atoms with Gasteiger partial charge in [-0.25, -0.2) is 4.68 Å². The number of aromatic nitrogens is 2. The summed E-state index contributed by atoms with van der Waals surface area (Å²) in [5.41, 5.74) is 3.36. The highest BCUT2D eigenvalue weighted by Crippen LogP contribution is 2.21. The monoisotopic (exact) mass is 367 g/mol. The lowest BCUT2D eigenvalue weighted by Crippen LogP contribution is -2.28. The van der Waals surface area contributed by atoms with Gasteiger partial charge in [0.2, 0.25) is 0 Å². The van der Waals surface area contributed by atoms with Crippen molar-refractivity contribution < 1.29 is 4.79 Å². The van der Waals surface area contributed by atoms with Gasteiger partial charge in [-0.2, -0.15) is 5.10 Å². The van der Waals surface area contributed by atoms with Crippen LogP contribution in [0.15, 0.2) is 60.7 Å². The third-order valence-electron chi connectivity index (χ3n) is 4.41. The Hall–Kier alpha value is -2.59. The molecule has 0 saturated heterocycles. The van der Waals surface area contributed by atoms with Gasteiger partial charge in [0.15, 0.2) is 0 Å². The molecule has 0 fully saturated rings. The first-order valence-corrected chi connectivity index (χ1v) is 9.04. The molecule has 0 aliphatic carbocycles. The van der Waals surface area contributed by atoms with E-state index in [0.29, 0.717) is 29.5 Å². The van der Waals surface area contributed by atoms with Crippen LogP contribution in [-0.4, -0.2) is 22.2 Å². The minimum atomic E-state index is -0.186. The number of benzene rings is 2. The number of amides is 1. The Morgan fingerprint density at radius 2 is 1.73 bits per heavy atom. The predicted molar refractivity (Wildman–Crippen MR) is 105 cm³/mol. The van der Waals surface area contributed by atoms with Gasteiger partial charge in [-0.15, -0.1) is 0 Å². The molecule has 0 aliphatic heterocycles. The van der Waals surface area contributed by atoms with Crippen molar-refractivity contribution in [2.45, 2.75) is 26.3 Å². The lowest BCUT2D eigenvalue weighted by Gasteiger charge is -2.13. The van der Waals surface area contributed by atoms with E-state index in [1.165, 1.54) is 5.56 Å². The van der Waals surface area contributed by atoms with Crippen LogP contribution >= 0.6 is 11.6 Å². The number of halogens is 1. The molecule has 0 bridgehead atoms. The second-order valence-corrected chi connectivity index (χ2v) is 6.77. The minimum absolute atomic E-state index is 0.186. The Bertz CT molecular complexity index is 875. The maximum absolute atomic E-state index is 12.6. The minimum Gasteiger partial charge on any atom is -0.351 e. The number of nitrogens with zero attached hydrogens (tertiary/aromatic N) is 2. The molecule has 3 rings (SSSR count). The van der Waals surface area contributed by atoms with Crippen LogP contribution in [0.1, 0.15) is 40.0 Å². The van der Waals surface area contributed by atoms with E-state index in [9.17, 15) is 4.79 Å². The molecule has 134 valence electrons. The number of rotatable bonds is 6. The summed E-state index contributed by atoms with van der Waals surface area (Å²) in [5.74, 6) is 0.0354. The van der Waals surface area contributed by atoms with E-state index in [-0.39, 0.29) is 11.8 Å². The molecule has 1 amide bonds. The standard InChI is InChI=1S/C21H22ClN3O/c1-15(18-11-7-4-8-12-18)13-23-21(26)19-16(2)24-25(20(19)22)14-17-9-5-3-6-10-17/h3-12,15H,13-14H2,1-2H3,(H,23,26). The summed E-state index contributed by atoms with van der Waals surface area (Å²) < 4.78 is 1.67. The Kier molecular flexibility index (Phi) is 5.74. The second kappa shape index (κ2) is 8.19. The molecule has 1 atom stereocenters. The molecule has 0 aliphatic rings. The highest BCUT2D eigenvalue weighted by atomic mass is 35.5. The summed E-state index contributed by atoms with van der Waals surface area (Å²) in [7, 11) is 0. The summed E-state index contributed by atoms with van der Waals surface area (Å²) in [6.45, 7) is 4.97. The molecule has 0 radical (unpaired) electrons. The molecule has 0 spiro atoms. The molecule has 1 unspecified atom stereocenters. The van der Waals surface area contributed by atoms with Gasteiger partial charge in [-0.05, 0) is 24.0 Å². The number of hydrogen-bond acceptors (Lipinski definition) is 2. The number of carbonyl (C=O) groups is 1. The van der Waals surface area contributed by atoms with Crippen LogP contribution < -0.4 is 5.32 Å². The normalized spacial score (nSPS) is 12.0. The number of aryl methyl sites for hydroxylation is 1. The highest BCUT2D eigenvalue weighted by molar-refractivity contribution is 6.33. The zero-order valence-corrected chi connectivity index (χ0v) is 15.7. The van der Waals surface area contributed by atoms with Crippen LogP contribution in [0.2, 0.25) is 5.15 Å². The Balaban J connectivity index is 1.69. The fraction of sp³-hybridized carbons (Fsp3) is 0.238. The van der Waals surface area contributed by atoms with Crippen molar-refractivity contribution >= 4 is 17.5 Å². The Labute approximate surface area is 158 Å². The van der Waals surface area contributed by atoms with Gasteiger partial charge in [0.25, 0.3) is 5.91 Å². The van der Waals surface area contributed by atoms with Crippen molar-refractivity contribution in [3.8, 4) is 0 Å². The molecular weight excluding hydrogens is 346 g/mol. The van der Waals surface area contributed by atoms with E-state index in [0.717, 1.165) is 5.56 Å². The molecular formula is C21H22ClN3O. The van der Waals surface area contributed by atoms with Crippen LogP contribution in [0.3, 0.4) is 0 Å². The third-order valence-corrected chi connectivity index (χ3v) is 4.79. The van der Waals surface area contributed by atoms with E-state index < -0.39 is 0 Å². The van der Waals surface area contributed by atoms with Gasteiger partial charge >= 0.3 is 0 Å². The third kappa shape index (κ3) is 4.14. The topological polar surface area (TPSA) is 46.9 Å². The zero-order valence-electron chi connectivity index (χ0n) is 14.9. The maximum Gasteiger partial charge on any atom is 0.256 e. The molecule has 26 heavy (non-hydrogen) atoms. The van der Waals surface area contributed by atoms with Crippen LogP contribution in [0.4, 0.5) is 0 Å². The van der Waals surface area contributed by atoms with E-state index in [1.807, 2.05) is 55.5 Å². The summed E-state index contributed by atoms with van der Waals surface area (Å²) in [6.07, 6.45) is 0. The van der Waals surface area contributed by atoms with E-state index in [1.54, 1.807) is 4.68 Å². The first-order chi connectivity index (χ1) is 12.6. The van der Waals surface area contributed by atoms with Crippen LogP contribution in [-0.2, 0) is 6.54 Å². The van der Waals surface area contributed by atoms with Gasteiger partial charge in [-0.3, -0.25) is 4.79 Å². The van der Waals surface area contributed by atoms with Gasteiger partial charge in [-0.1, -0.05) is 79.2 Å². The molecule has 4 nitrogen and oxygen atoms in total. The smallest absolute Gasteiger partial charge is 0.256 e. The van der Waals surface area contributed by atoms with Crippen LogP contribution in [0.25, 0.3) is 0 Å². The maximum atomic E-state index is 12.6. The fourth-order valence-electron chi connectivity index (χ4n) is 2.91. The van der Waals surface area contributed by atoms with Crippen molar-refractivity contribution in [1.82, 2.24) is 15.1 Å². The number of hydrogen-bond donors (Lipinski definition) is 1. The molecule has 1 heterocycles. The van der Waals surface area contributed by atoms with Gasteiger partial charge in [0.05, 0.1) is 17.8 Å². The molecule has 2 aromatic carbocycles. The Morgan fingerprint density at radius 3 is 2.38 bits per heavy atom. The van der Waals surface area contributed by atoms with Crippen molar-refractivity contribution in [1.29, 1.82) is 0 Å². The van der Waals surface area contributed by atoms with E-state index in [4.69, 9.17) is 11.6 Å². The predicted octanol–water partition coefficient (Wildman–Crippen LogP) is 4.43. The van der Waals surface area contributed by atoms with Gasteiger partial charge in [0.1, 0.15) is 5.15 Å². The van der Waals surface area contributed by atoms with Crippen molar-refractivity contribution in [2.75, 3.05) is 6.54 Å². The summed E-state index contributed by atoms with van der Waals surface area (Å²) in [6, 6.07) is 20.0. The SMILES string of the molecule is Cc1nn(Cc2ccccc2)c(Cl)c1C(=O)NCC(C)c1ccccc1. The van der Waals surface area contributed by atoms with Crippen LogP contribution in [0, 0.1) is 6.92 Å². The lowest BCUT2D eigenvalue weighted by atomic mass is 10.0. The molecule has 5 heteroatoms. The van der Waals surface area contributed by atoms with E-state index >= 15 is 0 Å². The molecule has 1 aromatic heterocycles. The molecule has 3 aromatic rings. The quantitative estimate of drug-likeness (QED) is 0.700. The highest BCUT2D eigenvalue weighted by Gasteiger charge is 2.20. The average Bonchev–Trinajstić information content (AvgIpc) is 2.94. The summed E-state index contributed by atoms with van der Waals surface area (Å²) in [5, 5.41) is 7.79. The van der Waals surface area contributed by atoms with Crippen LogP contribution in [0.5, 0.6) is 0 Å². The summed E-state index contributed by atoms with van der Waals surface area (Å²) >= 11 is 6.45. The average molecular weight is 368 g/mol. The second-order valence-electron chi connectivity index (χ2n) is 6.42. The van der Waals surface area contributed by atoms with Crippen molar-refractivity contribution in [3.63, 3.8) is 0 Å². The number of carbonyl (C=O) groups excluding carboxylic acids is 1. The van der Waals surface area contributed by atoms with Gasteiger partial charge < -0.3 is 5.32 Å². The number of nitrogens with one attached hydrogen (secondary N) is 1. The largest absolute Gasteiger partial charge is 0.351 e. The lowest BCUT2D eigenvalue weighted by molar-refractivity contribution is 0.0951. The zero-order chi connectivity index (χ0) is 18.5. The first kappa shape index (κ1) is 18.2. The Morgan fingerprint density at radius 1 is 1.12 bits per heavy atom. The van der Waals surface area contributed by atoms with E-state index in [2.05, 4.69) is 29.5 Å². The van der Waals surface area contributed by atoms with Crippen molar-refractivity contribution in [2.24, 2.45) is 0 Å². The summed E-state index contributed by atoms with van der Waals surface area (Å²) in [4.78, 5) is 12.6. The fourth-order valence-corrected chi connectivity index (χ4v) is 3.23. The van der Waals surface area contributed by atoms with Crippen molar-refractivity contribution in [3.05, 3.63) is 88.2 Å². The first-order valence-electron chi connectivity index (χ1n) is 8.66. The molecule has 0 saturated carbocycles. The molecule has 1 N–H and O–H groups in total. The van der Waals surface area contributed by atoms with Gasteiger partial charge in [0, 0.05) is 6.54 Å².